The standard InChI is InChI=1S/C43H79NO5/c1-3-5-7-9-11-13-14-15-16-17-18-19-20-21-22-24-26-28-34-38-43(48)49-40(35-31-27-25-23-12-10-8-6-4-2)36-32-29-30-33-37-41(45)44-39-42(46)47/h23,25,31,35,40H,3-22,24,26-30,32-34,36-39H2,1-2H3,(H,44,45)(H,46,47)/b25-23-,35-31-. The lowest BCUT2D eigenvalue weighted by Crippen LogP contribution is -2.28. The zero-order valence-electron chi connectivity index (χ0n) is 32.3. The Kier molecular flexibility index (Phi) is 37.0. The summed E-state index contributed by atoms with van der Waals surface area (Å²) in [5, 5.41) is 11.1. The van der Waals surface area contributed by atoms with Crippen LogP contribution in [0.5, 0.6) is 0 Å². The number of allylic oxidation sites excluding steroid dienone is 3. The summed E-state index contributed by atoms with van der Waals surface area (Å²) >= 11 is 0. The van der Waals surface area contributed by atoms with E-state index in [1.54, 1.807) is 0 Å². The van der Waals surface area contributed by atoms with Gasteiger partial charge in [-0.3, -0.25) is 14.4 Å². The van der Waals surface area contributed by atoms with Crippen LogP contribution in [0.2, 0.25) is 0 Å². The number of carboxylic acid groups (broad SMARTS) is 1. The van der Waals surface area contributed by atoms with Crippen molar-refractivity contribution in [3.8, 4) is 0 Å². The number of amides is 1. The SMILES string of the molecule is CCCCCC/C=C\C/C=C\C(CCCCCCC(=O)NCC(=O)O)OC(=O)CCCCCCCCCCCCCCCCCCCCC. The van der Waals surface area contributed by atoms with Crippen molar-refractivity contribution in [3.05, 3.63) is 24.3 Å². The first-order valence-corrected chi connectivity index (χ1v) is 21.0. The quantitative estimate of drug-likeness (QED) is 0.0382. The van der Waals surface area contributed by atoms with E-state index in [1.807, 2.05) is 0 Å². The molecule has 0 aromatic heterocycles. The number of ether oxygens (including phenoxy) is 1. The number of nitrogens with one attached hydrogen (secondary N) is 1. The van der Waals surface area contributed by atoms with Crippen molar-refractivity contribution in [2.75, 3.05) is 6.54 Å². The maximum Gasteiger partial charge on any atom is 0.322 e. The predicted molar refractivity (Wildman–Crippen MR) is 208 cm³/mol. The minimum Gasteiger partial charge on any atom is -0.480 e. The molecular weight excluding hydrogens is 610 g/mol. The Labute approximate surface area is 303 Å². The summed E-state index contributed by atoms with van der Waals surface area (Å²) in [6.07, 6.45) is 46.1. The number of carboxylic acids is 1. The minimum atomic E-state index is -1.03. The van der Waals surface area contributed by atoms with Crippen LogP contribution in [0.15, 0.2) is 24.3 Å². The van der Waals surface area contributed by atoms with Crippen LogP contribution >= 0.6 is 0 Å². The highest BCUT2D eigenvalue weighted by Crippen LogP contribution is 2.16. The van der Waals surface area contributed by atoms with Crippen LogP contribution in [0.25, 0.3) is 0 Å². The number of esters is 1. The van der Waals surface area contributed by atoms with Gasteiger partial charge in [0.15, 0.2) is 0 Å². The summed E-state index contributed by atoms with van der Waals surface area (Å²) < 4.78 is 5.89. The molecule has 0 aliphatic heterocycles. The number of rotatable bonds is 38. The zero-order valence-corrected chi connectivity index (χ0v) is 32.3. The van der Waals surface area contributed by atoms with E-state index in [2.05, 4.69) is 43.5 Å². The van der Waals surface area contributed by atoms with E-state index < -0.39 is 5.97 Å². The zero-order chi connectivity index (χ0) is 35.9. The van der Waals surface area contributed by atoms with Gasteiger partial charge in [-0.05, 0) is 51.0 Å². The van der Waals surface area contributed by atoms with Gasteiger partial charge in [0, 0.05) is 12.8 Å². The molecule has 0 fully saturated rings. The molecule has 0 heterocycles. The maximum atomic E-state index is 12.7. The summed E-state index contributed by atoms with van der Waals surface area (Å²) in [6.45, 7) is 4.19. The van der Waals surface area contributed by atoms with Gasteiger partial charge >= 0.3 is 11.9 Å². The van der Waals surface area contributed by atoms with Crippen LogP contribution in [0.1, 0.15) is 219 Å². The highest BCUT2D eigenvalue weighted by molar-refractivity contribution is 5.80. The second kappa shape index (κ2) is 38.7. The van der Waals surface area contributed by atoms with Gasteiger partial charge in [-0.25, -0.2) is 0 Å². The highest BCUT2D eigenvalue weighted by atomic mass is 16.5. The van der Waals surface area contributed by atoms with E-state index in [0.717, 1.165) is 57.8 Å². The van der Waals surface area contributed by atoms with Crippen LogP contribution in [0.3, 0.4) is 0 Å². The van der Waals surface area contributed by atoms with Gasteiger partial charge in [0.25, 0.3) is 0 Å². The Morgan fingerprint density at radius 3 is 1.51 bits per heavy atom. The average molecular weight is 690 g/mol. The Bertz CT molecular complexity index is 808. The van der Waals surface area contributed by atoms with Gasteiger partial charge < -0.3 is 15.2 Å². The van der Waals surface area contributed by atoms with E-state index in [9.17, 15) is 14.4 Å². The van der Waals surface area contributed by atoms with Crippen LogP contribution in [-0.2, 0) is 19.1 Å². The third-order valence-electron chi connectivity index (χ3n) is 9.36. The fourth-order valence-corrected chi connectivity index (χ4v) is 6.23. The number of carbonyl (C=O) groups excluding carboxylic acids is 2. The Hall–Kier alpha value is -2.11. The molecule has 49 heavy (non-hydrogen) atoms. The minimum absolute atomic E-state index is 0.0943. The monoisotopic (exact) mass is 690 g/mol. The normalized spacial score (nSPS) is 12.2. The van der Waals surface area contributed by atoms with Crippen molar-refractivity contribution in [1.29, 1.82) is 0 Å². The summed E-state index contributed by atoms with van der Waals surface area (Å²) in [5.74, 6) is -1.34. The number of unbranched alkanes of at least 4 members (excludes halogenated alkanes) is 25. The van der Waals surface area contributed by atoms with E-state index in [-0.39, 0.29) is 24.5 Å². The Balaban J connectivity index is 4.05. The molecule has 0 aromatic carbocycles. The number of hydrogen-bond acceptors (Lipinski definition) is 4. The average Bonchev–Trinajstić information content (AvgIpc) is 3.08. The Morgan fingerprint density at radius 2 is 1.00 bits per heavy atom. The molecule has 2 N–H and O–H groups in total. The van der Waals surface area contributed by atoms with Crippen molar-refractivity contribution in [2.45, 2.75) is 225 Å². The lowest BCUT2D eigenvalue weighted by atomic mass is 10.0. The van der Waals surface area contributed by atoms with E-state index in [1.165, 1.54) is 135 Å². The van der Waals surface area contributed by atoms with Crippen LogP contribution in [0, 0.1) is 0 Å². The Morgan fingerprint density at radius 1 is 0.551 bits per heavy atom. The molecular formula is C43H79NO5. The molecule has 1 unspecified atom stereocenters. The first kappa shape index (κ1) is 46.9. The lowest BCUT2D eigenvalue weighted by molar-refractivity contribution is -0.147. The van der Waals surface area contributed by atoms with Crippen molar-refractivity contribution in [1.82, 2.24) is 5.32 Å². The molecule has 0 radical (unpaired) electrons. The maximum absolute atomic E-state index is 12.7. The largest absolute Gasteiger partial charge is 0.480 e. The molecule has 0 spiro atoms. The first-order valence-electron chi connectivity index (χ1n) is 21.0. The third-order valence-corrected chi connectivity index (χ3v) is 9.36. The highest BCUT2D eigenvalue weighted by Gasteiger charge is 2.12. The summed E-state index contributed by atoms with van der Waals surface area (Å²) in [5.41, 5.74) is 0. The molecule has 0 aliphatic rings. The molecule has 0 saturated heterocycles. The van der Waals surface area contributed by atoms with Crippen molar-refractivity contribution in [3.63, 3.8) is 0 Å². The van der Waals surface area contributed by atoms with Gasteiger partial charge in [-0.15, -0.1) is 0 Å². The lowest BCUT2D eigenvalue weighted by Gasteiger charge is -2.14. The third kappa shape index (κ3) is 38.5. The van der Waals surface area contributed by atoms with E-state index in [0.29, 0.717) is 12.8 Å². The van der Waals surface area contributed by atoms with Gasteiger partial charge in [0.2, 0.25) is 5.91 Å². The predicted octanol–water partition coefficient (Wildman–Crippen LogP) is 12.7. The summed E-state index contributed by atoms with van der Waals surface area (Å²) in [7, 11) is 0. The van der Waals surface area contributed by atoms with Crippen molar-refractivity contribution < 1.29 is 24.2 Å². The second-order valence-electron chi connectivity index (χ2n) is 14.3. The van der Waals surface area contributed by atoms with Gasteiger partial charge in [-0.2, -0.15) is 0 Å². The van der Waals surface area contributed by atoms with Crippen molar-refractivity contribution >= 4 is 17.8 Å². The van der Waals surface area contributed by atoms with Gasteiger partial charge in [-0.1, -0.05) is 180 Å². The topological polar surface area (TPSA) is 92.7 Å². The summed E-state index contributed by atoms with van der Waals surface area (Å²) in [4.78, 5) is 34.9. The smallest absolute Gasteiger partial charge is 0.322 e. The molecule has 0 aliphatic carbocycles. The summed E-state index contributed by atoms with van der Waals surface area (Å²) in [6, 6.07) is 0. The van der Waals surface area contributed by atoms with Gasteiger partial charge in [0.1, 0.15) is 12.6 Å². The fraction of sp³-hybridized carbons (Fsp3) is 0.837. The van der Waals surface area contributed by atoms with Crippen LogP contribution in [0.4, 0.5) is 0 Å². The van der Waals surface area contributed by atoms with Crippen LogP contribution in [-0.4, -0.2) is 35.6 Å². The number of aliphatic carboxylic acids is 1. The molecule has 1 amide bonds. The molecule has 0 bridgehead atoms. The molecule has 286 valence electrons. The van der Waals surface area contributed by atoms with E-state index in [4.69, 9.17) is 9.84 Å². The number of hydrogen-bond donors (Lipinski definition) is 2. The second-order valence-corrected chi connectivity index (χ2v) is 14.3. The molecule has 6 nitrogen and oxygen atoms in total. The van der Waals surface area contributed by atoms with Gasteiger partial charge in [0.05, 0.1) is 0 Å². The number of carbonyl (C=O) groups is 3. The van der Waals surface area contributed by atoms with Crippen molar-refractivity contribution in [2.24, 2.45) is 0 Å². The molecule has 0 rings (SSSR count). The molecule has 0 saturated carbocycles. The molecule has 1 atom stereocenters. The first-order chi connectivity index (χ1) is 24.0. The molecule has 0 aromatic rings. The molecule has 6 heteroatoms. The van der Waals surface area contributed by atoms with E-state index >= 15 is 0 Å². The van der Waals surface area contributed by atoms with Crippen LogP contribution < -0.4 is 5.32 Å². The fourth-order valence-electron chi connectivity index (χ4n) is 6.23.